The number of halogens is 3. The van der Waals surface area contributed by atoms with Gasteiger partial charge in [-0.15, -0.1) is 0 Å². The second kappa shape index (κ2) is 8.57. The van der Waals surface area contributed by atoms with Gasteiger partial charge in [0.25, 0.3) is 0 Å². The number of nitrogens with zero attached hydrogens (tertiary/aromatic N) is 2. The molecule has 0 aromatic rings. The van der Waals surface area contributed by atoms with E-state index < -0.39 is 27.3 Å². The molecule has 1 heterocycles. The Morgan fingerprint density at radius 2 is 1.92 bits per heavy atom. The Bertz CT molecular complexity index is 556. The minimum absolute atomic E-state index is 0.0715. The number of hydrogen-bond acceptors (Lipinski definition) is 4. The molecule has 1 aliphatic rings. The van der Waals surface area contributed by atoms with Crippen LogP contribution in [0.4, 0.5) is 13.2 Å². The molecule has 1 fully saturated rings. The van der Waals surface area contributed by atoms with Gasteiger partial charge in [-0.2, -0.15) is 13.2 Å². The lowest BCUT2D eigenvalue weighted by atomic mass is 10.3. The summed E-state index contributed by atoms with van der Waals surface area (Å²) in [5, 5.41) is 6.09. The van der Waals surface area contributed by atoms with E-state index in [4.69, 9.17) is 0 Å². The Morgan fingerprint density at radius 1 is 1.28 bits per heavy atom. The van der Waals surface area contributed by atoms with E-state index in [0.29, 0.717) is 25.5 Å². The van der Waals surface area contributed by atoms with E-state index in [1.54, 1.807) is 20.8 Å². The van der Waals surface area contributed by atoms with Crippen LogP contribution in [0.5, 0.6) is 0 Å². The van der Waals surface area contributed by atoms with Crippen molar-refractivity contribution >= 4 is 15.8 Å². The SMILES string of the molecule is CCNC(=NCCS(=O)(=O)C(C)(C)C)NC1CCN(CC(F)(F)F)C1. The summed E-state index contributed by atoms with van der Waals surface area (Å²) < 4.78 is 60.7. The molecule has 0 saturated carbocycles. The Kier molecular flexibility index (Phi) is 7.54. The van der Waals surface area contributed by atoms with Crippen LogP contribution in [0, 0.1) is 0 Å². The molecule has 6 nitrogen and oxygen atoms in total. The zero-order chi connectivity index (χ0) is 19.3. The average Bonchev–Trinajstić information content (AvgIpc) is 2.82. The van der Waals surface area contributed by atoms with Gasteiger partial charge in [-0.3, -0.25) is 9.89 Å². The third-order valence-corrected chi connectivity index (χ3v) is 6.51. The van der Waals surface area contributed by atoms with Crippen molar-refractivity contribution in [2.45, 2.75) is 51.1 Å². The first-order valence-electron chi connectivity index (χ1n) is 8.40. The Labute approximate surface area is 148 Å². The van der Waals surface area contributed by atoms with Gasteiger partial charge in [-0.25, -0.2) is 8.42 Å². The number of sulfone groups is 1. The zero-order valence-corrected chi connectivity index (χ0v) is 16.1. The van der Waals surface area contributed by atoms with E-state index in [-0.39, 0.29) is 24.9 Å². The summed E-state index contributed by atoms with van der Waals surface area (Å²) in [6.45, 7) is 7.22. The molecule has 0 aromatic heterocycles. The molecule has 148 valence electrons. The van der Waals surface area contributed by atoms with Crippen molar-refractivity contribution < 1.29 is 21.6 Å². The maximum Gasteiger partial charge on any atom is 0.401 e. The standard InChI is InChI=1S/C15H29F3N4O2S/c1-5-19-13(20-7-9-25(23,24)14(2,3)4)21-12-6-8-22(10-12)11-15(16,17)18/h12H,5-11H2,1-4H3,(H2,19,20,21). The van der Waals surface area contributed by atoms with Crippen molar-refractivity contribution in [1.82, 2.24) is 15.5 Å². The lowest BCUT2D eigenvalue weighted by Crippen LogP contribution is -2.45. The highest BCUT2D eigenvalue weighted by Gasteiger charge is 2.34. The first-order valence-corrected chi connectivity index (χ1v) is 10.1. The minimum Gasteiger partial charge on any atom is -0.357 e. The number of likely N-dealkylation sites (tertiary alicyclic amines) is 1. The Morgan fingerprint density at radius 3 is 2.44 bits per heavy atom. The molecule has 25 heavy (non-hydrogen) atoms. The van der Waals surface area contributed by atoms with Crippen LogP contribution in [0.15, 0.2) is 4.99 Å². The van der Waals surface area contributed by atoms with Crippen molar-refractivity contribution in [3.05, 3.63) is 0 Å². The molecular formula is C15H29F3N4O2S. The zero-order valence-electron chi connectivity index (χ0n) is 15.3. The summed E-state index contributed by atoms with van der Waals surface area (Å²) in [5.41, 5.74) is 0. The van der Waals surface area contributed by atoms with Crippen molar-refractivity contribution in [3.8, 4) is 0 Å². The summed E-state index contributed by atoms with van der Waals surface area (Å²) in [4.78, 5) is 5.60. The molecule has 1 saturated heterocycles. The predicted octanol–water partition coefficient (Wildman–Crippen LogP) is 1.39. The van der Waals surface area contributed by atoms with Crippen LogP contribution in [-0.4, -0.2) is 74.7 Å². The van der Waals surface area contributed by atoms with E-state index in [2.05, 4.69) is 15.6 Å². The summed E-state index contributed by atoms with van der Waals surface area (Å²) >= 11 is 0. The van der Waals surface area contributed by atoms with Crippen molar-refractivity contribution in [2.24, 2.45) is 4.99 Å². The second-order valence-electron chi connectivity index (χ2n) is 7.17. The van der Waals surface area contributed by atoms with Gasteiger partial charge in [0.2, 0.25) is 0 Å². The molecule has 0 amide bonds. The monoisotopic (exact) mass is 386 g/mol. The third-order valence-electron chi connectivity index (χ3n) is 3.92. The van der Waals surface area contributed by atoms with E-state index >= 15 is 0 Å². The van der Waals surface area contributed by atoms with Crippen LogP contribution in [0.25, 0.3) is 0 Å². The summed E-state index contributed by atoms with van der Waals surface area (Å²) in [5.74, 6) is 0.364. The van der Waals surface area contributed by atoms with Crippen LogP contribution in [0.2, 0.25) is 0 Å². The van der Waals surface area contributed by atoms with Crippen LogP contribution >= 0.6 is 0 Å². The first-order chi connectivity index (χ1) is 11.3. The molecular weight excluding hydrogens is 357 g/mol. The van der Waals surface area contributed by atoms with Gasteiger partial charge >= 0.3 is 6.18 Å². The smallest absolute Gasteiger partial charge is 0.357 e. The molecule has 0 aliphatic carbocycles. The van der Waals surface area contributed by atoms with Gasteiger partial charge in [-0.1, -0.05) is 0 Å². The number of nitrogens with one attached hydrogen (secondary N) is 2. The molecule has 0 aromatic carbocycles. The van der Waals surface area contributed by atoms with E-state index in [0.717, 1.165) is 0 Å². The van der Waals surface area contributed by atoms with Gasteiger partial charge in [0, 0.05) is 25.7 Å². The van der Waals surface area contributed by atoms with Crippen molar-refractivity contribution in [1.29, 1.82) is 0 Å². The molecule has 0 spiro atoms. The second-order valence-corrected chi connectivity index (χ2v) is 10.0. The molecule has 10 heteroatoms. The lowest BCUT2D eigenvalue weighted by molar-refractivity contribution is -0.143. The third kappa shape index (κ3) is 7.81. The maximum atomic E-state index is 12.4. The largest absolute Gasteiger partial charge is 0.401 e. The Balaban J connectivity index is 2.57. The molecule has 0 radical (unpaired) electrons. The predicted molar refractivity (Wildman–Crippen MR) is 93.6 cm³/mol. The van der Waals surface area contributed by atoms with Crippen LogP contribution < -0.4 is 10.6 Å². The topological polar surface area (TPSA) is 73.8 Å². The Hall–Kier alpha value is -1.03. The van der Waals surface area contributed by atoms with Gasteiger partial charge in [-0.05, 0) is 34.1 Å². The fraction of sp³-hybridized carbons (Fsp3) is 0.933. The number of hydrogen-bond donors (Lipinski definition) is 2. The number of rotatable bonds is 6. The highest BCUT2D eigenvalue weighted by Crippen LogP contribution is 2.20. The highest BCUT2D eigenvalue weighted by molar-refractivity contribution is 7.92. The number of aliphatic imine (C=N–C) groups is 1. The quantitative estimate of drug-likeness (QED) is 0.533. The van der Waals surface area contributed by atoms with Crippen LogP contribution in [0.3, 0.4) is 0 Å². The number of alkyl halides is 3. The maximum absolute atomic E-state index is 12.4. The molecule has 1 rings (SSSR count). The van der Waals surface area contributed by atoms with Gasteiger partial charge in [0.05, 0.1) is 23.6 Å². The molecule has 1 atom stereocenters. The van der Waals surface area contributed by atoms with E-state index in [1.165, 1.54) is 4.90 Å². The molecule has 1 unspecified atom stereocenters. The fourth-order valence-electron chi connectivity index (χ4n) is 2.44. The van der Waals surface area contributed by atoms with Crippen LogP contribution in [-0.2, 0) is 9.84 Å². The summed E-state index contributed by atoms with van der Waals surface area (Å²) in [6, 6.07) is -0.139. The average molecular weight is 386 g/mol. The van der Waals surface area contributed by atoms with Crippen molar-refractivity contribution in [2.75, 3.05) is 38.5 Å². The summed E-state index contributed by atoms with van der Waals surface area (Å²) in [6.07, 6.45) is -3.62. The first kappa shape index (κ1) is 22.0. The lowest BCUT2D eigenvalue weighted by Gasteiger charge is -2.20. The fourth-order valence-corrected chi connectivity index (χ4v) is 3.39. The van der Waals surface area contributed by atoms with Gasteiger partial charge in [0.15, 0.2) is 15.8 Å². The molecule has 2 N–H and O–H groups in total. The number of guanidine groups is 1. The highest BCUT2D eigenvalue weighted by atomic mass is 32.2. The van der Waals surface area contributed by atoms with E-state index in [1.807, 2.05) is 6.92 Å². The van der Waals surface area contributed by atoms with Gasteiger partial charge < -0.3 is 10.6 Å². The van der Waals surface area contributed by atoms with Crippen LogP contribution in [0.1, 0.15) is 34.1 Å². The van der Waals surface area contributed by atoms with E-state index in [9.17, 15) is 21.6 Å². The van der Waals surface area contributed by atoms with Gasteiger partial charge in [0.1, 0.15) is 0 Å². The van der Waals surface area contributed by atoms with Crippen molar-refractivity contribution in [3.63, 3.8) is 0 Å². The minimum atomic E-state index is -4.20. The molecule has 0 bridgehead atoms. The molecule has 1 aliphatic heterocycles. The normalized spacial score (nSPS) is 20.8. The summed E-state index contributed by atoms with van der Waals surface area (Å²) in [7, 11) is -3.26.